The fourth-order valence-corrected chi connectivity index (χ4v) is 4.34. The van der Waals surface area contributed by atoms with Crippen LogP contribution >= 0.6 is 0 Å². The normalized spacial score (nSPS) is 13.9. The molecule has 0 aliphatic rings. The summed E-state index contributed by atoms with van der Waals surface area (Å²) in [6.45, 7) is 16.6. The van der Waals surface area contributed by atoms with Gasteiger partial charge >= 0.3 is 6.09 Å². The van der Waals surface area contributed by atoms with Gasteiger partial charge in [-0.25, -0.2) is 4.79 Å². The summed E-state index contributed by atoms with van der Waals surface area (Å²) in [5.74, 6) is -1.39. The molecule has 3 atom stereocenters. The van der Waals surface area contributed by atoms with E-state index < -0.39 is 41.6 Å². The van der Waals surface area contributed by atoms with Crippen molar-refractivity contribution in [2.75, 3.05) is 0 Å². The van der Waals surface area contributed by atoms with E-state index in [0.717, 1.165) is 29.5 Å². The number of benzene rings is 1. The highest BCUT2D eigenvalue weighted by atomic mass is 16.6. The zero-order chi connectivity index (χ0) is 28.5. The van der Waals surface area contributed by atoms with E-state index in [-0.39, 0.29) is 24.8 Å². The molecule has 0 radical (unpaired) electrons. The van der Waals surface area contributed by atoms with Crippen LogP contribution in [0.4, 0.5) is 4.79 Å². The Labute approximate surface area is 221 Å². The molecule has 9 nitrogen and oxygen atoms in total. The van der Waals surface area contributed by atoms with Crippen molar-refractivity contribution in [3.63, 3.8) is 0 Å². The molecule has 0 aliphatic carbocycles. The van der Waals surface area contributed by atoms with Gasteiger partial charge in [0.05, 0.1) is 0 Å². The third kappa shape index (κ3) is 10.1. The van der Waals surface area contributed by atoms with Crippen molar-refractivity contribution in [3.05, 3.63) is 34.9 Å². The lowest BCUT2D eigenvalue weighted by atomic mass is 9.92. The Balaban J connectivity index is 3.58. The first-order chi connectivity index (χ1) is 17.1. The van der Waals surface area contributed by atoms with E-state index in [9.17, 15) is 19.2 Å². The largest absolute Gasteiger partial charge is 0.444 e. The molecule has 4 amide bonds. The van der Waals surface area contributed by atoms with Gasteiger partial charge in [-0.05, 0) is 84.9 Å². The summed E-state index contributed by atoms with van der Waals surface area (Å²) in [5.41, 5.74) is 7.05. The average Bonchev–Trinajstić information content (AvgIpc) is 2.73. The smallest absolute Gasteiger partial charge is 0.408 e. The number of hydrogen-bond donors (Lipinski definition) is 3. The van der Waals surface area contributed by atoms with Crippen LogP contribution in [0.1, 0.15) is 96.9 Å². The van der Waals surface area contributed by atoms with E-state index in [1.807, 2.05) is 59.7 Å². The number of rotatable bonds is 12. The maximum absolute atomic E-state index is 14.1. The number of nitrogens with two attached hydrogens (primary N) is 1. The molecule has 1 rings (SSSR count). The number of alkyl carbamates (subject to hydrolysis) is 1. The van der Waals surface area contributed by atoms with Crippen LogP contribution in [0.5, 0.6) is 0 Å². The predicted octanol–water partition coefficient (Wildman–Crippen LogP) is 4.05. The van der Waals surface area contributed by atoms with Gasteiger partial charge in [-0.15, -0.1) is 0 Å². The van der Waals surface area contributed by atoms with E-state index in [2.05, 4.69) is 10.6 Å². The van der Waals surface area contributed by atoms with Crippen LogP contribution in [0.15, 0.2) is 18.2 Å². The number of nitrogens with zero attached hydrogens (tertiary/aromatic N) is 1. The highest BCUT2D eigenvalue weighted by Gasteiger charge is 2.39. The fourth-order valence-electron chi connectivity index (χ4n) is 4.34. The van der Waals surface area contributed by atoms with Gasteiger partial charge in [0.15, 0.2) is 0 Å². The molecule has 0 aliphatic heterocycles. The molecule has 0 saturated carbocycles. The predicted molar refractivity (Wildman–Crippen MR) is 145 cm³/mol. The van der Waals surface area contributed by atoms with Crippen molar-refractivity contribution in [1.29, 1.82) is 0 Å². The lowest BCUT2D eigenvalue weighted by Crippen LogP contribution is -2.56. The summed E-state index contributed by atoms with van der Waals surface area (Å²) >= 11 is 0. The number of nitrogens with one attached hydrogen (secondary N) is 2. The third-order valence-corrected chi connectivity index (χ3v) is 5.93. The molecule has 0 spiro atoms. The molecule has 1 aromatic carbocycles. The number of ether oxygens (including phenoxy) is 1. The van der Waals surface area contributed by atoms with Crippen LogP contribution in [0.25, 0.3) is 0 Å². The van der Waals surface area contributed by atoms with E-state index in [4.69, 9.17) is 10.5 Å². The molecular weight excluding hydrogens is 472 g/mol. The Kier molecular flexibility index (Phi) is 12.1. The maximum Gasteiger partial charge on any atom is 0.408 e. The minimum atomic E-state index is -1.11. The highest BCUT2D eigenvalue weighted by Crippen LogP contribution is 2.30. The van der Waals surface area contributed by atoms with Crippen LogP contribution in [-0.4, -0.2) is 52.4 Å². The molecule has 208 valence electrons. The lowest BCUT2D eigenvalue weighted by Gasteiger charge is -2.38. The molecule has 3 unspecified atom stereocenters. The van der Waals surface area contributed by atoms with Gasteiger partial charge in [-0.1, -0.05) is 31.5 Å². The van der Waals surface area contributed by atoms with Crippen LogP contribution < -0.4 is 16.4 Å². The number of hydrogen-bond acceptors (Lipinski definition) is 5. The number of carbonyl (C=O) groups is 4. The van der Waals surface area contributed by atoms with E-state index in [0.29, 0.717) is 0 Å². The molecule has 0 fully saturated rings. The Morgan fingerprint density at radius 1 is 1.00 bits per heavy atom. The van der Waals surface area contributed by atoms with Gasteiger partial charge in [-0.2, -0.15) is 0 Å². The zero-order valence-corrected chi connectivity index (χ0v) is 23.9. The summed E-state index contributed by atoms with van der Waals surface area (Å²) < 4.78 is 5.36. The molecule has 0 heterocycles. The summed E-state index contributed by atoms with van der Waals surface area (Å²) in [4.78, 5) is 53.5. The standard InChI is InChI=1S/C28H46N4O5/c1-10-12-20(6)30-25(34)24(23-18(4)13-11-14-19(23)5)32(17(2)3)26(35)21(15-16-22(29)33)31-27(36)37-28(7,8)9/h11,13-14,17,20-21,24H,10,12,15-16H2,1-9H3,(H2,29,33)(H,30,34)(H,31,36). The van der Waals surface area contributed by atoms with E-state index >= 15 is 0 Å². The van der Waals surface area contributed by atoms with Gasteiger partial charge in [0.25, 0.3) is 0 Å². The summed E-state index contributed by atoms with van der Waals surface area (Å²) in [5, 5.41) is 5.67. The molecule has 4 N–H and O–H groups in total. The highest BCUT2D eigenvalue weighted by molar-refractivity contribution is 5.93. The molecule has 0 aromatic heterocycles. The Morgan fingerprint density at radius 2 is 1.57 bits per heavy atom. The van der Waals surface area contributed by atoms with Gasteiger partial charge in [0, 0.05) is 18.5 Å². The SMILES string of the molecule is CCCC(C)NC(=O)C(c1c(C)cccc1C)N(C(=O)C(CCC(N)=O)NC(=O)OC(C)(C)C)C(C)C. The summed E-state index contributed by atoms with van der Waals surface area (Å²) in [7, 11) is 0. The van der Waals surface area contributed by atoms with Crippen molar-refractivity contribution in [1.82, 2.24) is 15.5 Å². The van der Waals surface area contributed by atoms with Crippen molar-refractivity contribution in [3.8, 4) is 0 Å². The number of amides is 4. The number of carbonyl (C=O) groups excluding carboxylic acids is 4. The quantitative estimate of drug-likeness (QED) is 0.384. The van der Waals surface area contributed by atoms with Gasteiger partial charge in [-0.3, -0.25) is 14.4 Å². The minimum absolute atomic E-state index is 0.0238. The second-order valence-electron chi connectivity index (χ2n) is 10.9. The third-order valence-electron chi connectivity index (χ3n) is 5.93. The second kappa shape index (κ2) is 14.0. The summed E-state index contributed by atoms with van der Waals surface area (Å²) in [6, 6.07) is 3.18. The minimum Gasteiger partial charge on any atom is -0.444 e. The summed E-state index contributed by atoms with van der Waals surface area (Å²) in [6.07, 6.45) is 0.763. The molecule has 0 bridgehead atoms. The molecule has 0 saturated heterocycles. The van der Waals surface area contributed by atoms with Crippen LogP contribution in [0, 0.1) is 13.8 Å². The van der Waals surface area contributed by atoms with Gasteiger partial charge in [0.1, 0.15) is 17.7 Å². The first kappa shape index (κ1) is 31.9. The van der Waals surface area contributed by atoms with Gasteiger partial charge in [0.2, 0.25) is 17.7 Å². The second-order valence-corrected chi connectivity index (χ2v) is 10.9. The first-order valence-electron chi connectivity index (χ1n) is 13.1. The first-order valence-corrected chi connectivity index (χ1v) is 13.1. The zero-order valence-electron chi connectivity index (χ0n) is 23.9. The molecule has 9 heteroatoms. The van der Waals surface area contributed by atoms with Crippen molar-refractivity contribution in [2.45, 2.75) is 118 Å². The number of primary amides is 1. The Morgan fingerprint density at radius 3 is 2.03 bits per heavy atom. The Hall–Kier alpha value is -3.10. The Bertz CT molecular complexity index is 934. The van der Waals surface area contributed by atoms with Crippen molar-refractivity contribution in [2.24, 2.45) is 5.73 Å². The fraction of sp³-hybridized carbons (Fsp3) is 0.643. The maximum atomic E-state index is 14.1. The van der Waals surface area contributed by atoms with Crippen molar-refractivity contribution >= 4 is 23.8 Å². The van der Waals surface area contributed by atoms with Crippen LogP contribution in [-0.2, 0) is 19.1 Å². The average molecular weight is 519 g/mol. The van der Waals surface area contributed by atoms with E-state index in [1.54, 1.807) is 20.8 Å². The molecular formula is C28H46N4O5. The van der Waals surface area contributed by atoms with E-state index in [1.165, 1.54) is 4.90 Å². The topological polar surface area (TPSA) is 131 Å². The lowest BCUT2D eigenvalue weighted by molar-refractivity contribution is -0.145. The number of aryl methyl sites for hydroxylation is 2. The van der Waals surface area contributed by atoms with Crippen molar-refractivity contribution < 1.29 is 23.9 Å². The monoisotopic (exact) mass is 518 g/mol. The van der Waals surface area contributed by atoms with Crippen LogP contribution in [0.3, 0.4) is 0 Å². The molecule has 37 heavy (non-hydrogen) atoms. The molecule has 1 aromatic rings. The van der Waals surface area contributed by atoms with Gasteiger partial charge < -0.3 is 26.0 Å². The van der Waals surface area contributed by atoms with Crippen LogP contribution in [0.2, 0.25) is 0 Å².